The molecular weight excluding hydrogens is 312 g/mol. The molecule has 4 nitrogen and oxygen atoms in total. The Morgan fingerprint density at radius 3 is 2.40 bits per heavy atom. The van der Waals surface area contributed by atoms with E-state index in [2.05, 4.69) is 18.9 Å². The van der Waals surface area contributed by atoms with Gasteiger partial charge >= 0.3 is 5.97 Å². The van der Waals surface area contributed by atoms with Crippen LogP contribution in [0.4, 0.5) is 0 Å². The first kappa shape index (κ1) is 17.0. The molecule has 0 radical (unpaired) electrons. The molecule has 0 N–H and O–H groups in total. The Morgan fingerprint density at radius 2 is 1.76 bits per heavy atom. The summed E-state index contributed by atoms with van der Waals surface area (Å²) in [6, 6.07) is 19.1. The minimum absolute atomic E-state index is 0.372. The Morgan fingerprint density at radius 1 is 1.04 bits per heavy atom. The fourth-order valence-electron chi connectivity index (χ4n) is 2.65. The van der Waals surface area contributed by atoms with Crippen molar-refractivity contribution < 1.29 is 9.53 Å². The summed E-state index contributed by atoms with van der Waals surface area (Å²) < 4.78 is 7.33. The number of nitrogens with zero attached hydrogens (tertiary/aromatic N) is 2. The van der Waals surface area contributed by atoms with Gasteiger partial charge < -0.3 is 4.74 Å². The minimum atomic E-state index is -0.372. The van der Waals surface area contributed by atoms with E-state index in [0.717, 1.165) is 30.6 Å². The number of hydrogen-bond donors (Lipinski definition) is 0. The fourth-order valence-corrected chi connectivity index (χ4v) is 2.65. The highest BCUT2D eigenvalue weighted by Gasteiger charge is 2.15. The highest BCUT2D eigenvalue weighted by molar-refractivity contribution is 5.91. The van der Waals surface area contributed by atoms with Crippen LogP contribution in [0.3, 0.4) is 0 Å². The maximum absolute atomic E-state index is 12.5. The molecule has 0 atom stereocenters. The van der Waals surface area contributed by atoms with Crippen LogP contribution in [0.25, 0.3) is 5.69 Å². The van der Waals surface area contributed by atoms with Crippen molar-refractivity contribution in [2.45, 2.75) is 33.1 Å². The lowest BCUT2D eigenvalue weighted by molar-refractivity contribution is 0.0723. The summed E-state index contributed by atoms with van der Waals surface area (Å²) in [6.45, 7) is 4.18. The molecule has 0 aliphatic rings. The third-order valence-electron chi connectivity index (χ3n) is 4.03. The van der Waals surface area contributed by atoms with Crippen LogP contribution >= 0.6 is 0 Å². The van der Waals surface area contributed by atoms with Gasteiger partial charge in [-0.05, 0) is 42.7 Å². The maximum atomic E-state index is 12.5. The molecule has 0 aliphatic carbocycles. The summed E-state index contributed by atoms with van der Waals surface area (Å²) >= 11 is 0. The van der Waals surface area contributed by atoms with Crippen molar-refractivity contribution in [2.75, 3.05) is 0 Å². The highest BCUT2D eigenvalue weighted by atomic mass is 16.5. The molecule has 0 unspecified atom stereocenters. The van der Waals surface area contributed by atoms with Crippen molar-refractivity contribution >= 4 is 5.97 Å². The number of esters is 1. The average molecular weight is 334 g/mol. The number of carbonyl (C=O) groups excluding carboxylic acids is 1. The number of ether oxygens (including phenoxy) is 1. The van der Waals surface area contributed by atoms with Crippen LogP contribution in [0.5, 0.6) is 5.88 Å². The molecule has 25 heavy (non-hydrogen) atoms. The van der Waals surface area contributed by atoms with Crippen molar-refractivity contribution in [3.8, 4) is 11.6 Å². The van der Waals surface area contributed by atoms with E-state index >= 15 is 0 Å². The number of carbonyl (C=O) groups is 1. The number of rotatable bonds is 6. The minimum Gasteiger partial charge on any atom is -0.404 e. The van der Waals surface area contributed by atoms with E-state index in [4.69, 9.17) is 4.74 Å². The molecule has 128 valence electrons. The predicted octanol–water partition coefficient (Wildman–Crippen LogP) is 4.61. The Kier molecular flexibility index (Phi) is 5.29. The molecule has 0 amide bonds. The van der Waals surface area contributed by atoms with E-state index in [0.29, 0.717) is 11.4 Å². The van der Waals surface area contributed by atoms with Crippen LogP contribution in [-0.4, -0.2) is 15.7 Å². The molecule has 0 saturated heterocycles. The van der Waals surface area contributed by atoms with Crippen LogP contribution in [-0.2, 0) is 12.8 Å². The number of hydrogen-bond acceptors (Lipinski definition) is 3. The lowest BCUT2D eigenvalue weighted by Crippen LogP contribution is -2.11. The van der Waals surface area contributed by atoms with Gasteiger partial charge in [0.25, 0.3) is 0 Å². The Balaban J connectivity index is 1.88. The summed E-state index contributed by atoms with van der Waals surface area (Å²) in [6.07, 6.45) is 2.77. The highest BCUT2D eigenvalue weighted by Crippen LogP contribution is 2.21. The van der Waals surface area contributed by atoms with Crippen molar-refractivity contribution in [2.24, 2.45) is 0 Å². The second-order valence-corrected chi connectivity index (χ2v) is 5.91. The molecule has 0 spiro atoms. The average Bonchev–Trinajstić information content (AvgIpc) is 3.05. The molecule has 1 heterocycles. The SMILES string of the molecule is CCCc1cc(OC(=O)c2ccc(CC)cc2)n(-c2ccccc2)n1. The van der Waals surface area contributed by atoms with Crippen molar-refractivity contribution in [1.29, 1.82) is 0 Å². The van der Waals surface area contributed by atoms with Gasteiger partial charge in [-0.2, -0.15) is 5.10 Å². The molecule has 0 saturated carbocycles. The number of aromatic nitrogens is 2. The molecule has 0 bridgehead atoms. The molecule has 3 rings (SSSR count). The van der Waals surface area contributed by atoms with Crippen LogP contribution < -0.4 is 4.74 Å². The van der Waals surface area contributed by atoms with Gasteiger partial charge in [-0.25, -0.2) is 9.48 Å². The van der Waals surface area contributed by atoms with Gasteiger partial charge in [0, 0.05) is 6.07 Å². The summed E-state index contributed by atoms with van der Waals surface area (Å²) in [5.41, 5.74) is 3.51. The normalized spacial score (nSPS) is 10.6. The maximum Gasteiger partial charge on any atom is 0.344 e. The largest absolute Gasteiger partial charge is 0.404 e. The third kappa shape index (κ3) is 3.97. The van der Waals surface area contributed by atoms with E-state index in [1.165, 1.54) is 5.56 Å². The third-order valence-corrected chi connectivity index (χ3v) is 4.03. The number of para-hydroxylation sites is 1. The second kappa shape index (κ2) is 7.79. The molecular formula is C21H22N2O2. The van der Waals surface area contributed by atoms with E-state index < -0.39 is 0 Å². The monoisotopic (exact) mass is 334 g/mol. The lowest BCUT2D eigenvalue weighted by Gasteiger charge is -2.08. The standard InChI is InChI=1S/C21H22N2O2/c1-3-8-18-15-20(23(22-18)19-9-6-5-7-10-19)25-21(24)17-13-11-16(4-2)12-14-17/h5-7,9-15H,3-4,8H2,1-2H3. The Bertz CT molecular complexity index is 836. The zero-order valence-electron chi connectivity index (χ0n) is 14.6. The van der Waals surface area contributed by atoms with Crippen LogP contribution in [0.1, 0.15) is 41.9 Å². The quantitative estimate of drug-likeness (QED) is 0.619. The molecule has 4 heteroatoms. The lowest BCUT2D eigenvalue weighted by atomic mass is 10.1. The first-order chi connectivity index (χ1) is 12.2. The Hall–Kier alpha value is -2.88. The van der Waals surface area contributed by atoms with Gasteiger partial charge in [-0.1, -0.05) is 50.6 Å². The van der Waals surface area contributed by atoms with E-state index in [1.807, 2.05) is 48.5 Å². The van der Waals surface area contributed by atoms with E-state index in [-0.39, 0.29) is 5.97 Å². The van der Waals surface area contributed by atoms with Gasteiger partial charge in [0.15, 0.2) is 0 Å². The predicted molar refractivity (Wildman–Crippen MR) is 98.3 cm³/mol. The van der Waals surface area contributed by atoms with Gasteiger partial charge in [0.1, 0.15) is 0 Å². The van der Waals surface area contributed by atoms with Gasteiger partial charge in [0.05, 0.1) is 16.9 Å². The zero-order chi connectivity index (χ0) is 17.6. The van der Waals surface area contributed by atoms with Gasteiger partial charge in [-0.15, -0.1) is 0 Å². The smallest absolute Gasteiger partial charge is 0.344 e. The van der Waals surface area contributed by atoms with Crippen molar-refractivity contribution in [3.05, 3.63) is 77.5 Å². The second-order valence-electron chi connectivity index (χ2n) is 5.91. The number of benzene rings is 2. The summed E-state index contributed by atoms with van der Waals surface area (Å²) in [4.78, 5) is 12.5. The summed E-state index contributed by atoms with van der Waals surface area (Å²) in [5, 5.41) is 4.58. The van der Waals surface area contributed by atoms with Gasteiger partial charge in [0.2, 0.25) is 5.88 Å². The van der Waals surface area contributed by atoms with Crippen LogP contribution in [0, 0.1) is 0 Å². The first-order valence-electron chi connectivity index (χ1n) is 8.66. The number of aryl methyl sites for hydroxylation is 2. The molecule has 3 aromatic rings. The first-order valence-corrected chi connectivity index (χ1v) is 8.66. The topological polar surface area (TPSA) is 44.1 Å². The summed E-state index contributed by atoms with van der Waals surface area (Å²) in [5.74, 6) is 0.0713. The zero-order valence-corrected chi connectivity index (χ0v) is 14.6. The summed E-state index contributed by atoms with van der Waals surface area (Å²) in [7, 11) is 0. The van der Waals surface area contributed by atoms with Crippen molar-refractivity contribution in [3.63, 3.8) is 0 Å². The van der Waals surface area contributed by atoms with Crippen LogP contribution in [0.2, 0.25) is 0 Å². The van der Waals surface area contributed by atoms with Crippen molar-refractivity contribution in [1.82, 2.24) is 9.78 Å². The molecule has 1 aromatic heterocycles. The van der Waals surface area contributed by atoms with E-state index in [1.54, 1.807) is 16.8 Å². The van der Waals surface area contributed by atoms with Gasteiger partial charge in [-0.3, -0.25) is 0 Å². The molecule has 2 aromatic carbocycles. The van der Waals surface area contributed by atoms with Crippen LogP contribution in [0.15, 0.2) is 60.7 Å². The fraction of sp³-hybridized carbons (Fsp3) is 0.238. The van der Waals surface area contributed by atoms with E-state index in [9.17, 15) is 4.79 Å². The Labute approximate surface area is 148 Å². The molecule has 0 aliphatic heterocycles. The molecule has 0 fully saturated rings.